The molecule has 0 unspecified atom stereocenters. The molecule has 2 rings (SSSR count). The first-order chi connectivity index (χ1) is 10.1. The van der Waals surface area contributed by atoms with Crippen molar-refractivity contribution in [1.82, 2.24) is 9.97 Å². The summed E-state index contributed by atoms with van der Waals surface area (Å²) >= 11 is 0. The Balaban J connectivity index is 0.000000219. The Labute approximate surface area is 125 Å². The maximum atomic E-state index is 11.3. The lowest BCUT2D eigenvalue weighted by molar-refractivity contribution is 0.0977. The van der Waals surface area contributed by atoms with Gasteiger partial charge in [0.05, 0.1) is 0 Å². The smallest absolute Gasteiger partial charge is 0.181 e. The van der Waals surface area contributed by atoms with Crippen molar-refractivity contribution < 1.29 is 4.79 Å². The van der Waals surface area contributed by atoms with Crippen molar-refractivity contribution in [2.75, 3.05) is 0 Å². The lowest BCUT2D eigenvalue weighted by Gasteiger charge is -1.97. The number of hydrogen-bond donors (Lipinski definition) is 0. The molecule has 2 aromatic rings. The van der Waals surface area contributed by atoms with E-state index in [-0.39, 0.29) is 5.78 Å². The number of rotatable bonds is 3. The quantitative estimate of drug-likeness (QED) is 0.806. The van der Waals surface area contributed by atoms with Crippen LogP contribution in [0.1, 0.15) is 47.1 Å². The van der Waals surface area contributed by atoms with Crippen molar-refractivity contribution in [3.8, 4) is 6.07 Å². The summed E-state index contributed by atoms with van der Waals surface area (Å²) in [4.78, 5) is 19.2. The summed E-state index contributed by atoms with van der Waals surface area (Å²) < 4.78 is 0. The summed E-state index contributed by atoms with van der Waals surface area (Å²) in [5, 5.41) is 8.32. The average molecular weight is 281 g/mol. The summed E-state index contributed by atoms with van der Waals surface area (Å²) in [7, 11) is 0. The highest BCUT2D eigenvalue weighted by molar-refractivity contribution is 5.94. The Hall–Kier alpha value is -2.54. The summed E-state index contributed by atoms with van der Waals surface area (Å²) in [6.07, 6.45) is 4.88. The van der Waals surface area contributed by atoms with E-state index in [0.29, 0.717) is 17.8 Å². The number of nitrogens with zero attached hydrogens (tertiary/aromatic N) is 3. The number of aromatic nitrogens is 2. The second-order valence-electron chi connectivity index (χ2n) is 4.73. The number of Topliss-reactive ketones (excluding diaryl/α,β-unsaturated/α-hetero) is 1. The van der Waals surface area contributed by atoms with Gasteiger partial charge in [0, 0.05) is 18.8 Å². The fourth-order valence-electron chi connectivity index (χ4n) is 1.52. The largest absolute Gasteiger partial charge is 0.292 e. The van der Waals surface area contributed by atoms with Crippen LogP contribution in [0.15, 0.2) is 36.7 Å². The highest BCUT2D eigenvalue weighted by atomic mass is 16.1. The van der Waals surface area contributed by atoms with Gasteiger partial charge in [0.1, 0.15) is 17.5 Å². The second-order valence-corrected chi connectivity index (χ2v) is 4.73. The molecule has 0 radical (unpaired) electrons. The molecule has 0 bridgehead atoms. The third-order valence-corrected chi connectivity index (χ3v) is 2.70. The Morgan fingerprint density at radius 3 is 2.14 bits per heavy atom. The van der Waals surface area contributed by atoms with Gasteiger partial charge in [-0.25, -0.2) is 4.98 Å². The molecule has 0 N–H and O–H groups in total. The van der Waals surface area contributed by atoms with Crippen LogP contribution in [0.2, 0.25) is 0 Å². The van der Waals surface area contributed by atoms with Gasteiger partial charge in [-0.1, -0.05) is 19.1 Å². The number of nitriles is 1. The molecule has 0 aliphatic carbocycles. The maximum absolute atomic E-state index is 11.3. The van der Waals surface area contributed by atoms with E-state index in [1.165, 1.54) is 0 Å². The molecule has 2 heterocycles. The number of pyridine rings is 2. The van der Waals surface area contributed by atoms with Crippen LogP contribution >= 0.6 is 0 Å². The third-order valence-electron chi connectivity index (χ3n) is 2.70. The van der Waals surface area contributed by atoms with Crippen LogP contribution in [0.4, 0.5) is 0 Å². The molecule has 4 nitrogen and oxygen atoms in total. The van der Waals surface area contributed by atoms with Gasteiger partial charge in [-0.2, -0.15) is 5.26 Å². The molecule has 0 aromatic carbocycles. The van der Waals surface area contributed by atoms with E-state index in [4.69, 9.17) is 5.26 Å². The first-order valence-electron chi connectivity index (χ1n) is 6.85. The zero-order chi connectivity index (χ0) is 15.7. The molecule has 0 spiro atoms. The molecule has 0 saturated carbocycles. The highest BCUT2D eigenvalue weighted by Gasteiger charge is 2.04. The fourth-order valence-corrected chi connectivity index (χ4v) is 1.52. The molecule has 0 aliphatic heterocycles. The summed E-state index contributed by atoms with van der Waals surface area (Å²) in [6.45, 7) is 5.89. The van der Waals surface area contributed by atoms with Crippen molar-refractivity contribution in [2.45, 2.75) is 33.6 Å². The number of carbonyl (C=O) groups is 1. The number of hydrogen-bond acceptors (Lipinski definition) is 4. The predicted molar refractivity (Wildman–Crippen MR) is 81.9 cm³/mol. The van der Waals surface area contributed by atoms with Gasteiger partial charge in [0.25, 0.3) is 0 Å². The van der Waals surface area contributed by atoms with Crippen LogP contribution in [0.3, 0.4) is 0 Å². The molecule has 0 amide bonds. The zero-order valence-corrected chi connectivity index (χ0v) is 12.6. The second kappa shape index (κ2) is 8.60. The number of aryl methyl sites for hydroxylation is 2. The maximum Gasteiger partial charge on any atom is 0.181 e. The van der Waals surface area contributed by atoms with Crippen LogP contribution in [0, 0.1) is 25.2 Å². The summed E-state index contributed by atoms with van der Waals surface area (Å²) in [5.41, 5.74) is 3.22. The molecule has 0 saturated heterocycles. The van der Waals surface area contributed by atoms with Gasteiger partial charge < -0.3 is 0 Å². The summed E-state index contributed by atoms with van der Waals surface area (Å²) in [6, 6.07) is 9.21. The van der Waals surface area contributed by atoms with Crippen LogP contribution in [-0.2, 0) is 0 Å². The van der Waals surface area contributed by atoms with Gasteiger partial charge in [0.15, 0.2) is 5.78 Å². The van der Waals surface area contributed by atoms with Gasteiger partial charge >= 0.3 is 0 Å². The van der Waals surface area contributed by atoms with Crippen LogP contribution in [0.5, 0.6) is 0 Å². The average Bonchev–Trinajstić information content (AvgIpc) is 2.50. The van der Waals surface area contributed by atoms with E-state index < -0.39 is 0 Å². The van der Waals surface area contributed by atoms with Gasteiger partial charge in [-0.3, -0.25) is 9.78 Å². The van der Waals surface area contributed by atoms with Crippen molar-refractivity contribution in [1.29, 1.82) is 5.26 Å². The van der Waals surface area contributed by atoms with Gasteiger partial charge in [-0.15, -0.1) is 0 Å². The van der Waals surface area contributed by atoms with Gasteiger partial charge in [0.2, 0.25) is 0 Å². The van der Waals surface area contributed by atoms with Gasteiger partial charge in [-0.05, 0) is 43.5 Å². The third kappa shape index (κ3) is 5.96. The molecule has 21 heavy (non-hydrogen) atoms. The minimum Gasteiger partial charge on any atom is -0.292 e. The molecule has 108 valence electrons. The zero-order valence-electron chi connectivity index (χ0n) is 12.6. The van der Waals surface area contributed by atoms with E-state index in [0.717, 1.165) is 17.5 Å². The lowest BCUT2D eigenvalue weighted by atomic mass is 10.1. The monoisotopic (exact) mass is 281 g/mol. The molecule has 4 heteroatoms. The Morgan fingerprint density at radius 1 is 1.10 bits per heavy atom. The molecule has 2 aromatic heterocycles. The Morgan fingerprint density at radius 2 is 1.71 bits per heavy atom. The standard InChI is InChI=1S/C10H13NO.C7H6N2/c1-3-4-10(12)9-6-5-8(2)7-11-9;1-6-2-3-7(4-8)9-5-6/h5-7H,3-4H2,1-2H3;2-3,5H,1H3. The van der Waals surface area contributed by atoms with Crippen LogP contribution in [-0.4, -0.2) is 15.8 Å². The van der Waals surface area contributed by atoms with Crippen molar-refractivity contribution in [3.63, 3.8) is 0 Å². The van der Waals surface area contributed by atoms with E-state index in [1.807, 2.05) is 39.0 Å². The normalized spacial score (nSPS) is 9.24. The minimum atomic E-state index is 0.137. The molecular weight excluding hydrogens is 262 g/mol. The lowest BCUT2D eigenvalue weighted by Crippen LogP contribution is -2.00. The first kappa shape index (κ1) is 16.5. The van der Waals surface area contributed by atoms with E-state index in [1.54, 1.807) is 24.5 Å². The molecular formula is C17H19N3O. The minimum absolute atomic E-state index is 0.137. The van der Waals surface area contributed by atoms with Crippen LogP contribution < -0.4 is 0 Å². The van der Waals surface area contributed by atoms with Crippen molar-refractivity contribution in [2.24, 2.45) is 0 Å². The van der Waals surface area contributed by atoms with E-state index in [9.17, 15) is 4.79 Å². The van der Waals surface area contributed by atoms with Crippen molar-refractivity contribution in [3.05, 3.63) is 59.2 Å². The van der Waals surface area contributed by atoms with Crippen molar-refractivity contribution >= 4 is 5.78 Å². The Kier molecular flexibility index (Phi) is 6.76. The van der Waals surface area contributed by atoms with Crippen LogP contribution in [0.25, 0.3) is 0 Å². The molecule has 0 fully saturated rings. The Bertz CT molecular complexity index is 610. The summed E-state index contributed by atoms with van der Waals surface area (Å²) in [5.74, 6) is 0.137. The fraction of sp³-hybridized carbons (Fsp3) is 0.294. The van der Waals surface area contributed by atoms with E-state index >= 15 is 0 Å². The highest BCUT2D eigenvalue weighted by Crippen LogP contribution is 2.03. The topological polar surface area (TPSA) is 66.6 Å². The predicted octanol–water partition coefficient (Wildman–Crippen LogP) is 3.63. The number of ketones is 1. The van der Waals surface area contributed by atoms with E-state index in [2.05, 4.69) is 9.97 Å². The SMILES string of the molecule is CCCC(=O)c1ccc(C)cn1.Cc1ccc(C#N)nc1. The molecule has 0 aliphatic rings. The molecule has 0 atom stereocenters. The number of carbonyl (C=O) groups excluding carboxylic acids is 1. The first-order valence-corrected chi connectivity index (χ1v) is 6.85.